The molecular weight excluding hydrogens is 242 g/mol. The molecule has 17 heavy (non-hydrogen) atoms. The first-order valence-corrected chi connectivity index (χ1v) is 6.17. The second-order valence-corrected chi connectivity index (χ2v) is 5.04. The molecule has 2 N–H and O–H groups in total. The van der Waals surface area contributed by atoms with Crippen LogP contribution in [0.1, 0.15) is 19.3 Å². The SMILES string of the molecule is Cl.O=C1NCC2(CCOC2)N1C1CCNCC1. The van der Waals surface area contributed by atoms with Gasteiger partial charge in [0, 0.05) is 19.2 Å². The van der Waals surface area contributed by atoms with E-state index in [1.807, 2.05) is 0 Å². The predicted molar refractivity (Wildman–Crippen MR) is 66.5 cm³/mol. The predicted octanol–water partition coefficient (Wildman–Crippen LogP) is 0.344. The largest absolute Gasteiger partial charge is 0.379 e. The van der Waals surface area contributed by atoms with Crippen molar-refractivity contribution in [1.82, 2.24) is 15.5 Å². The Morgan fingerprint density at radius 2 is 2.12 bits per heavy atom. The summed E-state index contributed by atoms with van der Waals surface area (Å²) < 4.78 is 5.50. The molecule has 3 heterocycles. The molecule has 0 aromatic carbocycles. The van der Waals surface area contributed by atoms with Crippen molar-refractivity contribution in [2.45, 2.75) is 30.8 Å². The van der Waals surface area contributed by atoms with Crippen LogP contribution in [0, 0.1) is 0 Å². The van der Waals surface area contributed by atoms with Gasteiger partial charge in [0.05, 0.1) is 12.1 Å². The second kappa shape index (κ2) is 5.00. The molecule has 3 aliphatic rings. The Labute approximate surface area is 108 Å². The Hall–Kier alpha value is -0.520. The Morgan fingerprint density at radius 3 is 2.76 bits per heavy atom. The monoisotopic (exact) mass is 261 g/mol. The average Bonchev–Trinajstić information content (AvgIpc) is 2.90. The Kier molecular flexibility index (Phi) is 3.80. The van der Waals surface area contributed by atoms with E-state index in [0.29, 0.717) is 12.6 Å². The Balaban J connectivity index is 0.00000108. The number of piperidine rings is 1. The molecule has 0 radical (unpaired) electrons. The number of rotatable bonds is 1. The number of carbonyl (C=O) groups excluding carboxylic acids is 1. The number of amides is 2. The third-order valence-corrected chi connectivity index (χ3v) is 4.05. The van der Waals surface area contributed by atoms with E-state index in [2.05, 4.69) is 15.5 Å². The molecule has 3 rings (SSSR count). The summed E-state index contributed by atoms with van der Waals surface area (Å²) >= 11 is 0. The van der Waals surface area contributed by atoms with Crippen LogP contribution in [0.3, 0.4) is 0 Å². The van der Waals surface area contributed by atoms with E-state index >= 15 is 0 Å². The van der Waals surface area contributed by atoms with Gasteiger partial charge >= 0.3 is 6.03 Å². The highest BCUT2D eigenvalue weighted by Crippen LogP contribution is 2.33. The van der Waals surface area contributed by atoms with Gasteiger partial charge in [-0.25, -0.2) is 4.79 Å². The summed E-state index contributed by atoms with van der Waals surface area (Å²) in [5.74, 6) is 0. The number of nitrogens with one attached hydrogen (secondary N) is 2. The zero-order valence-electron chi connectivity index (χ0n) is 9.91. The summed E-state index contributed by atoms with van der Waals surface area (Å²) in [5.41, 5.74) is -0.0426. The summed E-state index contributed by atoms with van der Waals surface area (Å²) in [6.07, 6.45) is 3.11. The van der Waals surface area contributed by atoms with Crippen LogP contribution in [0.4, 0.5) is 4.79 Å². The summed E-state index contributed by atoms with van der Waals surface area (Å²) in [6, 6.07) is 0.503. The molecule has 2 amide bonds. The molecule has 0 aromatic heterocycles. The lowest BCUT2D eigenvalue weighted by Crippen LogP contribution is -2.55. The van der Waals surface area contributed by atoms with Gasteiger partial charge in [0.2, 0.25) is 0 Å². The normalized spacial score (nSPS) is 33.9. The molecule has 0 aliphatic carbocycles. The van der Waals surface area contributed by atoms with Crippen molar-refractivity contribution < 1.29 is 9.53 Å². The lowest BCUT2D eigenvalue weighted by molar-refractivity contribution is 0.0807. The zero-order valence-corrected chi connectivity index (χ0v) is 10.7. The first kappa shape index (κ1) is 12.9. The van der Waals surface area contributed by atoms with Crippen LogP contribution in [0.25, 0.3) is 0 Å². The molecule has 0 bridgehead atoms. The van der Waals surface area contributed by atoms with Crippen LogP contribution >= 0.6 is 12.4 Å². The molecule has 98 valence electrons. The van der Waals surface area contributed by atoms with Crippen LogP contribution in [0.2, 0.25) is 0 Å². The van der Waals surface area contributed by atoms with E-state index < -0.39 is 0 Å². The van der Waals surface area contributed by atoms with Crippen LogP contribution in [-0.4, -0.2) is 55.4 Å². The maximum absolute atomic E-state index is 12.0. The van der Waals surface area contributed by atoms with Crippen LogP contribution in [0.5, 0.6) is 0 Å². The fraction of sp³-hybridized carbons (Fsp3) is 0.909. The minimum absolute atomic E-state index is 0. The number of hydrogen-bond acceptors (Lipinski definition) is 3. The van der Waals surface area contributed by atoms with Crippen LogP contribution in [-0.2, 0) is 4.74 Å². The van der Waals surface area contributed by atoms with E-state index in [9.17, 15) is 4.79 Å². The first-order valence-electron chi connectivity index (χ1n) is 6.17. The van der Waals surface area contributed by atoms with Gasteiger partial charge in [-0.2, -0.15) is 0 Å². The van der Waals surface area contributed by atoms with Gasteiger partial charge in [0.1, 0.15) is 0 Å². The second-order valence-electron chi connectivity index (χ2n) is 5.04. The van der Waals surface area contributed by atoms with Crippen molar-refractivity contribution in [3.63, 3.8) is 0 Å². The van der Waals surface area contributed by atoms with Crippen molar-refractivity contribution in [2.24, 2.45) is 0 Å². The lowest BCUT2D eigenvalue weighted by atomic mass is 9.93. The molecule has 0 saturated carbocycles. The summed E-state index contributed by atoms with van der Waals surface area (Å²) in [6.45, 7) is 4.29. The molecule has 1 unspecified atom stereocenters. The number of hydrogen-bond donors (Lipinski definition) is 2. The number of halogens is 1. The van der Waals surface area contributed by atoms with Gasteiger partial charge in [-0.15, -0.1) is 12.4 Å². The standard InChI is InChI=1S/C11H19N3O2.ClH/c15-10-13-7-11(3-6-16-8-11)14(10)9-1-4-12-5-2-9;/h9,12H,1-8H2,(H,13,15);1H. The van der Waals surface area contributed by atoms with Crippen molar-refractivity contribution in [3.05, 3.63) is 0 Å². The minimum Gasteiger partial charge on any atom is -0.379 e. The maximum Gasteiger partial charge on any atom is 0.318 e. The van der Waals surface area contributed by atoms with Crippen molar-refractivity contribution >= 4 is 18.4 Å². The third kappa shape index (κ3) is 2.11. The minimum atomic E-state index is -0.0426. The highest BCUT2D eigenvalue weighted by Gasteiger charge is 2.50. The van der Waals surface area contributed by atoms with Gasteiger partial charge in [0.15, 0.2) is 0 Å². The van der Waals surface area contributed by atoms with Gasteiger partial charge in [-0.1, -0.05) is 0 Å². The highest BCUT2D eigenvalue weighted by atomic mass is 35.5. The lowest BCUT2D eigenvalue weighted by Gasteiger charge is -2.40. The first-order chi connectivity index (χ1) is 7.82. The average molecular weight is 262 g/mol. The molecule has 3 fully saturated rings. The van der Waals surface area contributed by atoms with Gasteiger partial charge < -0.3 is 20.3 Å². The van der Waals surface area contributed by atoms with Gasteiger partial charge in [0.25, 0.3) is 0 Å². The van der Waals surface area contributed by atoms with E-state index in [0.717, 1.165) is 45.5 Å². The molecule has 6 heteroatoms. The molecule has 5 nitrogen and oxygen atoms in total. The maximum atomic E-state index is 12.0. The van der Waals surface area contributed by atoms with Crippen molar-refractivity contribution in [2.75, 3.05) is 32.8 Å². The van der Waals surface area contributed by atoms with Crippen LogP contribution in [0.15, 0.2) is 0 Å². The van der Waals surface area contributed by atoms with Crippen molar-refractivity contribution in [3.8, 4) is 0 Å². The molecular formula is C11H20ClN3O2. The molecule has 3 aliphatic heterocycles. The van der Waals surface area contributed by atoms with Gasteiger partial charge in [-0.05, 0) is 32.4 Å². The van der Waals surface area contributed by atoms with E-state index in [1.165, 1.54) is 0 Å². The summed E-state index contributed by atoms with van der Waals surface area (Å²) in [7, 11) is 0. The summed E-state index contributed by atoms with van der Waals surface area (Å²) in [5, 5.41) is 6.33. The number of carbonyl (C=O) groups is 1. The smallest absolute Gasteiger partial charge is 0.318 e. The van der Waals surface area contributed by atoms with E-state index in [-0.39, 0.29) is 24.0 Å². The zero-order chi connectivity index (χ0) is 11.0. The molecule has 0 aromatic rings. The highest BCUT2D eigenvalue weighted by molar-refractivity contribution is 5.85. The van der Waals surface area contributed by atoms with Crippen LogP contribution < -0.4 is 10.6 Å². The van der Waals surface area contributed by atoms with E-state index in [4.69, 9.17) is 4.74 Å². The van der Waals surface area contributed by atoms with Crippen molar-refractivity contribution in [1.29, 1.82) is 0 Å². The fourth-order valence-electron chi connectivity index (χ4n) is 3.17. The fourth-order valence-corrected chi connectivity index (χ4v) is 3.17. The van der Waals surface area contributed by atoms with Gasteiger partial charge in [-0.3, -0.25) is 0 Å². The number of nitrogens with zero attached hydrogens (tertiary/aromatic N) is 1. The number of urea groups is 1. The Bertz CT molecular complexity index is 288. The third-order valence-electron chi connectivity index (χ3n) is 4.05. The summed E-state index contributed by atoms with van der Waals surface area (Å²) in [4.78, 5) is 14.1. The molecule has 1 atom stereocenters. The van der Waals surface area contributed by atoms with E-state index in [1.54, 1.807) is 0 Å². The molecule has 1 spiro atoms. The molecule has 3 saturated heterocycles. The number of ether oxygens (including phenoxy) is 1. The quantitative estimate of drug-likeness (QED) is 0.716. The topological polar surface area (TPSA) is 53.6 Å². The Morgan fingerprint density at radius 1 is 1.35 bits per heavy atom.